The lowest BCUT2D eigenvalue weighted by atomic mass is 9.84. The third kappa shape index (κ3) is 7.96. The number of allylic oxidation sites excluding steroid dienone is 1. The molecule has 0 N–H and O–H groups in total. The number of alkyl halides is 6. The van der Waals surface area contributed by atoms with Crippen molar-refractivity contribution < 1.29 is 58.1 Å². The van der Waals surface area contributed by atoms with Gasteiger partial charge in [-0.3, -0.25) is 0 Å². The van der Waals surface area contributed by atoms with Crippen molar-refractivity contribution in [3.8, 4) is 11.5 Å². The highest BCUT2D eigenvalue weighted by molar-refractivity contribution is 5.33. The van der Waals surface area contributed by atoms with Crippen LogP contribution in [0.15, 0.2) is 42.5 Å². The summed E-state index contributed by atoms with van der Waals surface area (Å²) in [5.41, 5.74) is -1.47. The maximum absolute atomic E-state index is 14.9. The molecule has 2 aliphatic carbocycles. The summed E-state index contributed by atoms with van der Waals surface area (Å²) in [6, 6.07) is 1.50. The Morgan fingerprint density at radius 1 is 0.698 bits per heavy atom. The predicted octanol–water partition coefficient (Wildman–Crippen LogP) is 9.89. The Labute approximate surface area is 241 Å². The first kappa shape index (κ1) is 32.9. The summed E-state index contributed by atoms with van der Waals surface area (Å²) in [6.45, 7) is 2.02. The van der Waals surface area contributed by atoms with Crippen LogP contribution in [0.25, 0.3) is 0 Å². The first-order valence-corrected chi connectivity index (χ1v) is 13.9. The molecule has 4 rings (SSSR count). The van der Waals surface area contributed by atoms with Crippen LogP contribution in [0.3, 0.4) is 0 Å². The van der Waals surface area contributed by atoms with Gasteiger partial charge in [-0.05, 0) is 63.0 Å². The van der Waals surface area contributed by atoms with Gasteiger partial charge in [0.2, 0.25) is 0 Å². The van der Waals surface area contributed by atoms with Gasteiger partial charge in [-0.25, -0.2) is 17.6 Å². The highest BCUT2D eigenvalue weighted by Crippen LogP contribution is 2.43. The largest absolute Gasteiger partial charge is 0.432 e. The minimum absolute atomic E-state index is 0.102. The highest BCUT2D eigenvalue weighted by atomic mass is 19.3. The van der Waals surface area contributed by atoms with Crippen molar-refractivity contribution in [2.24, 2.45) is 17.8 Å². The average molecular weight is 629 g/mol. The number of halogens is 10. The van der Waals surface area contributed by atoms with Gasteiger partial charge in [0.1, 0.15) is 22.9 Å². The zero-order chi connectivity index (χ0) is 31.6. The van der Waals surface area contributed by atoms with E-state index in [4.69, 9.17) is 4.74 Å². The molecule has 13 heteroatoms. The van der Waals surface area contributed by atoms with E-state index in [1.807, 2.05) is 6.92 Å². The van der Waals surface area contributed by atoms with Gasteiger partial charge < -0.3 is 14.2 Å². The Morgan fingerprint density at radius 2 is 1.33 bits per heavy atom. The maximum atomic E-state index is 14.9. The smallest absolute Gasteiger partial charge is 0.429 e. The molecule has 2 aromatic carbocycles. The molecule has 0 amide bonds. The Hall–Kier alpha value is -2.96. The van der Waals surface area contributed by atoms with Crippen LogP contribution < -0.4 is 9.47 Å². The zero-order valence-electron chi connectivity index (χ0n) is 23.0. The molecule has 0 aliphatic heterocycles. The molecule has 0 bridgehead atoms. The topological polar surface area (TPSA) is 27.7 Å². The third-order valence-electron chi connectivity index (χ3n) is 7.74. The zero-order valence-corrected chi connectivity index (χ0v) is 23.0. The van der Waals surface area contributed by atoms with Crippen LogP contribution in [-0.4, -0.2) is 18.3 Å². The minimum Gasteiger partial charge on any atom is -0.432 e. The summed E-state index contributed by atoms with van der Waals surface area (Å²) < 4.78 is 156. The fraction of sp³-hybridized carbons (Fsp3) is 0.533. The average Bonchev–Trinajstić information content (AvgIpc) is 2.92. The summed E-state index contributed by atoms with van der Waals surface area (Å²) in [5, 5.41) is 0. The molecule has 2 aromatic rings. The van der Waals surface area contributed by atoms with Gasteiger partial charge in [0, 0.05) is 18.2 Å². The molecule has 1 saturated carbocycles. The molecule has 238 valence electrons. The lowest BCUT2D eigenvalue weighted by Gasteiger charge is -2.36. The summed E-state index contributed by atoms with van der Waals surface area (Å²) in [4.78, 5) is 0. The van der Waals surface area contributed by atoms with Gasteiger partial charge in [-0.15, -0.1) is 0 Å². The number of benzene rings is 2. The minimum atomic E-state index is -4.53. The van der Waals surface area contributed by atoms with E-state index in [2.05, 4.69) is 9.47 Å². The van der Waals surface area contributed by atoms with Crippen molar-refractivity contribution in [2.45, 2.75) is 82.7 Å². The standard InChI is InChI=1S/C30H30F10O3/c1-2-3-17-4-6-18(7-5-17)28(35,36)41-20-10-8-19(9-11-20)29(37,38)42-21-12-13-23(24(31)14-21)30(39,40)43-22-15-25(32)27(34)26(33)16-22/h4,6,12-20H,2-3,5,7-11H2,1H3. The Kier molecular flexibility index (Phi) is 9.92. The van der Waals surface area contributed by atoms with Crippen molar-refractivity contribution in [2.75, 3.05) is 0 Å². The summed E-state index contributed by atoms with van der Waals surface area (Å²) in [6.07, 6.45) is -7.56. The second-order valence-corrected chi connectivity index (χ2v) is 10.9. The van der Waals surface area contributed by atoms with E-state index in [0.29, 0.717) is 18.6 Å². The fourth-order valence-electron chi connectivity index (χ4n) is 5.43. The second-order valence-electron chi connectivity index (χ2n) is 10.9. The monoisotopic (exact) mass is 628 g/mol. The molecule has 0 heterocycles. The molecule has 0 radical (unpaired) electrons. The van der Waals surface area contributed by atoms with E-state index >= 15 is 0 Å². The Balaban J connectivity index is 1.33. The third-order valence-corrected chi connectivity index (χ3v) is 7.74. The predicted molar refractivity (Wildman–Crippen MR) is 135 cm³/mol. The van der Waals surface area contributed by atoms with Crippen LogP contribution in [-0.2, 0) is 10.8 Å². The second kappa shape index (κ2) is 13.0. The van der Waals surface area contributed by atoms with E-state index in [1.165, 1.54) is 6.08 Å². The number of ether oxygens (including phenoxy) is 3. The Morgan fingerprint density at radius 3 is 1.88 bits per heavy atom. The van der Waals surface area contributed by atoms with Crippen LogP contribution in [0.4, 0.5) is 43.9 Å². The Bertz CT molecular complexity index is 1270. The van der Waals surface area contributed by atoms with Crippen molar-refractivity contribution in [3.05, 3.63) is 71.3 Å². The molecule has 0 saturated heterocycles. The van der Waals surface area contributed by atoms with E-state index in [1.54, 1.807) is 6.08 Å². The van der Waals surface area contributed by atoms with Gasteiger partial charge in [-0.1, -0.05) is 25.5 Å². The first-order chi connectivity index (χ1) is 20.1. The number of hydrogen-bond donors (Lipinski definition) is 0. The maximum Gasteiger partial charge on any atom is 0.429 e. The van der Waals surface area contributed by atoms with Gasteiger partial charge in [0.25, 0.3) is 0 Å². The number of rotatable bonds is 11. The van der Waals surface area contributed by atoms with Crippen LogP contribution in [0.1, 0.15) is 63.9 Å². The van der Waals surface area contributed by atoms with Gasteiger partial charge >= 0.3 is 18.3 Å². The van der Waals surface area contributed by atoms with Crippen LogP contribution >= 0.6 is 0 Å². The quantitative estimate of drug-likeness (QED) is 0.141. The fourth-order valence-corrected chi connectivity index (χ4v) is 5.43. The molecule has 1 fully saturated rings. The summed E-state index contributed by atoms with van der Waals surface area (Å²) in [5.74, 6) is -11.6. The lowest BCUT2D eigenvalue weighted by Crippen LogP contribution is -2.41. The molecule has 2 unspecified atom stereocenters. The molecule has 3 nitrogen and oxygen atoms in total. The van der Waals surface area contributed by atoms with Crippen molar-refractivity contribution in [1.29, 1.82) is 0 Å². The first-order valence-electron chi connectivity index (χ1n) is 13.9. The SMILES string of the molecule is CCCC1C=CC(C(F)(F)OC2CCC(C(F)(F)Oc3ccc(C(F)(F)Oc4cc(F)c(F)c(F)c4)c(F)c3)CC2)CC1. The van der Waals surface area contributed by atoms with Gasteiger partial charge in [-0.2, -0.15) is 26.3 Å². The van der Waals surface area contributed by atoms with E-state index < -0.39 is 76.6 Å². The van der Waals surface area contributed by atoms with E-state index in [0.717, 1.165) is 12.8 Å². The highest BCUT2D eigenvalue weighted by Gasteiger charge is 2.48. The summed E-state index contributed by atoms with van der Waals surface area (Å²) >= 11 is 0. The van der Waals surface area contributed by atoms with Crippen molar-refractivity contribution in [3.63, 3.8) is 0 Å². The van der Waals surface area contributed by atoms with Crippen LogP contribution in [0.2, 0.25) is 0 Å². The van der Waals surface area contributed by atoms with Crippen LogP contribution in [0, 0.1) is 41.0 Å². The molecular weight excluding hydrogens is 598 g/mol. The van der Waals surface area contributed by atoms with Gasteiger partial charge in [0.05, 0.1) is 17.9 Å². The normalized spacial score (nSPS) is 23.3. The van der Waals surface area contributed by atoms with Gasteiger partial charge in [0.15, 0.2) is 17.5 Å². The summed E-state index contributed by atoms with van der Waals surface area (Å²) in [7, 11) is 0. The molecular formula is C30H30F10O3. The molecule has 0 aromatic heterocycles. The molecule has 2 aliphatic rings. The van der Waals surface area contributed by atoms with Crippen LogP contribution in [0.5, 0.6) is 11.5 Å². The number of hydrogen-bond acceptors (Lipinski definition) is 3. The van der Waals surface area contributed by atoms with Crippen molar-refractivity contribution >= 4 is 0 Å². The van der Waals surface area contributed by atoms with E-state index in [9.17, 15) is 43.9 Å². The van der Waals surface area contributed by atoms with E-state index in [-0.39, 0.29) is 56.2 Å². The molecule has 43 heavy (non-hydrogen) atoms. The lowest BCUT2D eigenvalue weighted by molar-refractivity contribution is -0.295. The molecule has 2 atom stereocenters. The van der Waals surface area contributed by atoms with Crippen molar-refractivity contribution in [1.82, 2.24) is 0 Å². The molecule has 0 spiro atoms.